The average Bonchev–Trinajstić information content (AvgIpc) is 2.01. The maximum absolute atomic E-state index is 12.1. The number of aliphatic hydroxyl groups is 1. The highest BCUT2D eigenvalue weighted by Crippen LogP contribution is 2.61. The van der Waals surface area contributed by atoms with E-state index in [9.17, 15) is 9.67 Å². The second kappa shape index (κ2) is 4.31. The van der Waals surface area contributed by atoms with Crippen molar-refractivity contribution in [2.24, 2.45) is 0 Å². The lowest BCUT2D eigenvalue weighted by Crippen LogP contribution is -2.44. The molecule has 1 aliphatic rings. The van der Waals surface area contributed by atoms with Crippen LogP contribution in [0.25, 0.3) is 0 Å². The van der Waals surface area contributed by atoms with E-state index < -0.39 is 13.2 Å². The number of hydrogen-bond acceptors (Lipinski definition) is 4. The Bertz CT molecular complexity index is 221. The molecule has 1 fully saturated rings. The second-order valence-electron chi connectivity index (χ2n) is 3.93. The van der Waals surface area contributed by atoms with Crippen LogP contribution in [0.3, 0.4) is 0 Å². The van der Waals surface area contributed by atoms with Crippen molar-refractivity contribution >= 4 is 7.60 Å². The summed E-state index contributed by atoms with van der Waals surface area (Å²) in [6.45, 7) is 6.10. The van der Waals surface area contributed by atoms with Gasteiger partial charge in [0.15, 0.2) is 0 Å². The monoisotopic (exact) mass is 222 g/mol. The van der Waals surface area contributed by atoms with E-state index in [-0.39, 0.29) is 5.66 Å². The first-order chi connectivity index (χ1) is 6.43. The first-order valence-corrected chi connectivity index (χ1v) is 6.66. The van der Waals surface area contributed by atoms with Crippen LogP contribution in [-0.2, 0) is 13.6 Å². The highest BCUT2D eigenvalue weighted by Gasteiger charge is 2.50. The van der Waals surface area contributed by atoms with Gasteiger partial charge in [0.2, 0.25) is 0 Å². The Morgan fingerprint density at radius 3 is 2.07 bits per heavy atom. The van der Waals surface area contributed by atoms with Crippen LogP contribution in [0.1, 0.15) is 33.6 Å². The third kappa shape index (κ3) is 2.57. The van der Waals surface area contributed by atoms with Crippen molar-refractivity contribution in [1.29, 1.82) is 0 Å². The fourth-order valence-electron chi connectivity index (χ4n) is 1.79. The van der Waals surface area contributed by atoms with Crippen molar-refractivity contribution in [3.63, 3.8) is 0 Å². The maximum Gasteiger partial charge on any atom is 0.333 e. The minimum atomic E-state index is -2.96. The summed E-state index contributed by atoms with van der Waals surface area (Å²) in [5.74, 6) is 0. The van der Waals surface area contributed by atoms with Gasteiger partial charge >= 0.3 is 7.60 Å². The van der Waals surface area contributed by atoms with E-state index in [1.165, 1.54) is 0 Å². The summed E-state index contributed by atoms with van der Waals surface area (Å²) in [6, 6.07) is 0. The molecule has 1 N–H and O–H groups in total. The van der Waals surface area contributed by atoms with E-state index in [1.807, 2.05) is 0 Å². The predicted octanol–water partition coefficient (Wildman–Crippen LogP) is 2.17. The SMILES string of the molecule is CCOP(=O)(OCC)C1CC(C)(O)C1. The molecule has 1 saturated carbocycles. The van der Waals surface area contributed by atoms with E-state index in [0.717, 1.165) is 0 Å². The summed E-state index contributed by atoms with van der Waals surface area (Å²) in [5, 5.41) is 9.55. The summed E-state index contributed by atoms with van der Waals surface area (Å²) in [4.78, 5) is 0. The summed E-state index contributed by atoms with van der Waals surface area (Å²) in [5.41, 5.74) is -0.813. The normalized spacial score (nSPS) is 32.7. The summed E-state index contributed by atoms with van der Waals surface area (Å²) < 4.78 is 22.5. The molecule has 4 nitrogen and oxygen atoms in total. The van der Waals surface area contributed by atoms with Crippen molar-refractivity contribution in [2.45, 2.75) is 44.9 Å². The van der Waals surface area contributed by atoms with Crippen molar-refractivity contribution in [1.82, 2.24) is 0 Å². The van der Waals surface area contributed by atoms with Gasteiger partial charge in [-0.25, -0.2) is 0 Å². The third-order valence-electron chi connectivity index (χ3n) is 2.42. The van der Waals surface area contributed by atoms with Crippen molar-refractivity contribution in [3.05, 3.63) is 0 Å². The van der Waals surface area contributed by atoms with Crippen molar-refractivity contribution in [2.75, 3.05) is 13.2 Å². The number of rotatable bonds is 5. The van der Waals surface area contributed by atoms with E-state index >= 15 is 0 Å². The van der Waals surface area contributed by atoms with Gasteiger partial charge in [-0.3, -0.25) is 4.57 Å². The molecule has 0 amide bonds. The number of hydrogen-bond donors (Lipinski definition) is 1. The van der Waals surface area contributed by atoms with Crippen LogP contribution in [0.2, 0.25) is 0 Å². The van der Waals surface area contributed by atoms with Gasteiger partial charge in [-0.1, -0.05) is 0 Å². The predicted molar refractivity (Wildman–Crippen MR) is 54.5 cm³/mol. The van der Waals surface area contributed by atoms with Crippen molar-refractivity contribution in [3.8, 4) is 0 Å². The average molecular weight is 222 g/mol. The van der Waals surface area contributed by atoms with Crippen LogP contribution in [0, 0.1) is 0 Å². The van der Waals surface area contributed by atoms with Gasteiger partial charge in [0.25, 0.3) is 0 Å². The Morgan fingerprint density at radius 1 is 1.36 bits per heavy atom. The molecular weight excluding hydrogens is 203 g/mol. The molecule has 0 aromatic carbocycles. The molecule has 0 aromatic heterocycles. The molecule has 0 unspecified atom stereocenters. The topological polar surface area (TPSA) is 55.8 Å². The molecule has 84 valence electrons. The Kier molecular flexibility index (Phi) is 3.75. The molecule has 0 spiro atoms. The van der Waals surface area contributed by atoms with Gasteiger partial charge in [0.1, 0.15) is 0 Å². The Morgan fingerprint density at radius 2 is 1.79 bits per heavy atom. The van der Waals surface area contributed by atoms with Gasteiger partial charge < -0.3 is 14.2 Å². The fraction of sp³-hybridized carbons (Fsp3) is 1.00. The highest BCUT2D eigenvalue weighted by atomic mass is 31.2. The van der Waals surface area contributed by atoms with Gasteiger partial charge in [0.05, 0.1) is 24.5 Å². The largest absolute Gasteiger partial charge is 0.390 e. The maximum atomic E-state index is 12.1. The van der Waals surface area contributed by atoms with Crippen LogP contribution < -0.4 is 0 Å². The minimum absolute atomic E-state index is 0.127. The van der Waals surface area contributed by atoms with Crippen LogP contribution in [0.4, 0.5) is 0 Å². The highest BCUT2D eigenvalue weighted by molar-refractivity contribution is 7.54. The molecule has 0 aliphatic heterocycles. The molecule has 14 heavy (non-hydrogen) atoms. The van der Waals surface area contributed by atoms with Crippen LogP contribution in [0.5, 0.6) is 0 Å². The molecule has 0 heterocycles. The quantitative estimate of drug-likeness (QED) is 0.724. The Labute approximate surface area is 85.1 Å². The van der Waals surface area contributed by atoms with E-state index in [1.54, 1.807) is 20.8 Å². The molecule has 0 saturated heterocycles. The third-order valence-corrected chi connectivity index (χ3v) is 4.91. The zero-order chi connectivity index (χ0) is 10.8. The fourth-order valence-corrected chi connectivity index (χ4v) is 4.24. The van der Waals surface area contributed by atoms with E-state index in [4.69, 9.17) is 9.05 Å². The molecule has 0 atom stereocenters. The molecule has 0 aromatic rings. The van der Waals surface area contributed by atoms with E-state index in [2.05, 4.69) is 0 Å². The molecule has 1 rings (SSSR count). The summed E-state index contributed by atoms with van der Waals surface area (Å²) in [7, 11) is -2.96. The Hall–Kier alpha value is 0.110. The smallest absolute Gasteiger partial charge is 0.333 e. The summed E-state index contributed by atoms with van der Waals surface area (Å²) in [6.07, 6.45) is 1.01. The lowest BCUT2D eigenvalue weighted by atomic mass is 9.82. The first kappa shape index (κ1) is 12.2. The van der Waals surface area contributed by atoms with Gasteiger partial charge in [-0.2, -0.15) is 0 Å². The molecule has 1 aliphatic carbocycles. The molecule has 5 heteroatoms. The van der Waals surface area contributed by atoms with Crippen LogP contribution in [-0.4, -0.2) is 29.6 Å². The first-order valence-electron chi connectivity index (χ1n) is 5.04. The zero-order valence-electron chi connectivity index (χ0n) is 9.02. The van der Waals surface area contributed by atoms with Gasteiger partial charge in [-0.05, 0) is 33.6 Å². The van der Waals surface area contributed by atoms with Gasteiger partial charge in [-0.15, -0.1) is 0 Å². The molecule has 0 bridgehead atoms. The summed E-state index contributed by atoms with van der Waals surface area (Å²) >= 11 is 0. The second-order valence-corrected chi connectivity index (χ2v) is 6.26. The minimum Gasteiger partial charge on any atom is -0.390 e. The molecule has 0 radical (unpaired) electrons. The lowest BCUT2D eigenvalue weighted by Gasteiger charge is -2.43. The van der Waals surface area contributed by atoms with Gasteiger partial charge in [0, 0.05) is 0 Å². The van der Waals surface area contributed by atoms with Crippen LogP contribution in [0.15, 0.2) is 0 Å². The van der Waals surface area contributed by atoms with E-state index in [0.29, 0.717) is 26.1 Å². The molecular formula is C9H19O4P. The van der Waals surface area contributed by atoms with Crippen molar-refractivity contribution < 1.29 is 18.7 Å². The standard InChI is InChI=1S/C9H19O4P/c1-4-12-14(11,13-5-2)8-6-9(3,10)7-8/h8,10H,4-7H2,1-3H3. The zero-order valence-corrected chi connectivity index (χ0v) is 9.92. The lowest BCUT2D eigenvalue weighted by molar-refractivity contribution is -0.0195. The Balaban J connectivity index is 2.57. The van der Waals surface area contributed by atoms with Crippen LogP contribution >= 0.6 is 7.60 Å².